The van der Waals surface area contributed by atoms with Crippen molar-refractivity contribution in [3.63, 3.8) is 0 Å². The zero-order valence-electron chi connectivity index (χ0n) is 9.67. The maximum Gasteiger partial charge on any atom is 0.322 e. The van der Waals surface area contributed by atoms with Gasteiger partial charge in [0.15, 0.2) is 0 Å². The summed E-state index contributed by atoms with van der Waals surface area (Å²) in [5.74, 6) is -1.86. The minimum Gasteiger partial charge on any atom is -0.481 e. The van der Waals surface area contributed by atoms with Gasteiger partial charge in [-0.15, -0.1) is 0 Å². The van der Waals surface area contributed by atoms with Crippen LogP contribution >= 0.6 is 0 Å². The Labute approximate surface area is 94.1 Å². The first-order valence-electron chi connectivity index (χ1n) is 4.57. The van der Waals surface area contributed by atoms with Crippen molar-refractivity contribution in [1.82, 2.24) is 0 Å². The summed E-state index contributed by atoms with van der Waals surface area (Å²) in [6.07, 6.45) is -0.0938. The molecular weight excluding hydrogens is 218 g/mol. The van der Waals surface area contributed by atoms with Gasteiger partial charge in [-0.25, -0.2) is 0 Å². The second kappa shape index (κ2) is 10.3. The quantitative estimate of drug-likeness (QED) is 0.571. The molecule has 2 unspecified atom stereocenters. The Balaban J connectivity index is 0. The van der Waals surface area contributed by atoms with Crippen LogP contribution in [0.2, 0.25) is 0 Å². The van der Waals surface area contributed by atoms with Crippen LogP contribution in [0.1, 0.15) is 13.3 Å². The van der Waals surface area contributed by atoms with Crippen molar-refractivity contribution in [3.8, 4) is 0 Å². The second-order valence-corrected chi connectivity index (χ2v) is 3.04. The van der Waals surface area contributed by atoms with Gasteiger partial charge < -0.3 is 25.4 Å². The van der Waals surface area contributed by atoms with E-state index in [0.717, 1.165) is 0 Å². The molecule has 0 heterocycles. The Morgan fingerprint density at radius 3 is 1.94 bits per heavy atom. The first kappa shape index (κ1) is 17.2. The van der Waals surface area contributed by atoms with Gasteiger partial charge in [0, 0.05) is 14.2 Å². The molecule has 0 saturated heterocycles. The Bertz CT molecular complexity index is 208. The third-order valence-corrected chi connectivity index (χ3v) is 1.53. The Morgan fingerprint density at radius 1 is 1.31 bits per heavy atom. The van der Waals surface area contributed by atoms with Crippen molar-refractivity contribution in [1.29, 1.82) is 0 Å². The summed E-state index contributed by atoms with van der Waals surface area (Å²) in [6.45, 7) is 1.78. The lowest BCUT2D eigenvalue weighted by molar-refractivity contribution is -0.140. The number of carboxylic acid groups (broad SMARTS) is 2. The molecule has 4 N–H and O–H groups in total. The van der Waals surface area contributed by atoms with Gasteiger partial charge in [-0.3, -0.25) is 9.59 Å². The molecule has 0 aromatic heterocycles. The average Bonchev–Trinajstić information content (AvgIpc) is 2.18. The summed E-state index contributed by atoms with van der Waals surface area (Å²) in [4.78, 5) is 19.8. The molecule has 0 saturated carbocycles. The molecule has 0 aromatic rings. The van der Waals surface area contributed by atoms with Gasteiger partial charge in [-0.1, -0.05) is 0 Å². The predicted molar refractivity (Wildman–Crippen MR) is 56.2 cm³/mol. The molecule has 7 heteroatoms. The van der Waals surface area contributed by atoms with Crippen molar-refractivity contribution < 1.29 is 29.3 Å². The number of hydrogen-bond acceptors (Lipinski definition) is 5. The zero-order chi connectivity index (χ0) is 13.1. The van der Waals surface area contributed by atoms with Crippen LogP contribution < -0.4 is 5.73 Å². The van der Waals surface area contributed by atoms with Gasteiger partial charge in [-0.2, -0.15) is 0 Å². The van der Waals surface area contributed by atoms with Crippen LogP contribution in [0.5, 0.6) is 0 Å². The van der Waals surface area contributed by atoms with E-state index >= 15 is 0 Å². The highest BCUT2D eigenvalue weighted by Crippen LogP contribution is 1.92. The van der Waals surface area contributed by atoms with Gasteiger partial charge in [0.05, 0.1) is 19.1 Å². The van der Waals surface area contributed by atoms with Crippen LogP contribution in [0.25, 0.3) is 0 Å². The van der Waals surface area contributed by atoms with Gasteiger partial charge >= 0.3 is 11.9 Å². The van der Waals surface area contributed by atoms with E-state index in [0.29, 0.717) is 0 Å². The van der Waals surface area contributed by atoms with Crippen molar-refractivity contribution in [2.45, 2.75) is 25.5 Å². The summed E-state index contributed by atoms with van der Waals surface area (Å²) in [7, 11) is 2.90. The molecule has 0 amide bonds. The van der Waals surface area contributed by atoms with Crippen molar-refractivity contribution in [2.24, 2.45) is 5.73 Å². The average molecular weight is 237 g/mol. The van der Waals surface area contributed by atoms with Crippen LogP contribution in [0, 0.1) is 0 Å². The Kier molecular flexibility index (Phi) is 11.1. The lowest BCUT2D eigenvalue weighted by Crippen LogP contribution is -2.34. The van der Waals surface area contributed by atoms with Gasteiger partial charge in [-0.05, 0) is 6.92 Å². The van der Waals surface area contributed by atoms with E-state index in [1.165, 1.54) is 14.2 Å². The van der Waals surface area contributed by atoms with E-state index in [4.69, 9.17) is 15.9 Å². The number of methoxy groups -OCH3 is 2. The number of nitrogens with two attached hydrogens (primary N) is 1. The monoisotopic (exact) mass is 237 g/mol. The highest BCUT2D eigenvalue weighted by atomic mass is 16.5. The Hall–Kier alpha value is -1.18. The molecule has 0 spiro atoms. The van der Waals surface area contributed by atoms with E-state index < -0.39 is 18.0 Å². The van der Waals surface area contributed by atoms with Crippen LogP contribution in [-0.2, 0) is 19.1 Å². The van der Waals surface area contributed by atoms with Crippen molar-refractivity contribution in [3.05, 3.63) is 0 Å². The number of ether oxygens (including phenoxy) is 2. The lowest BCUT2D eigenvalue weighted by atomic mass is 10.3. The molecule has 0 aliphatic rings. The van der Waals surface area contributed by atoms with E-state index in [1.807, 2.05) is 0 Å². The molecule has 96 valence electrons. The Morgan fingerprint density at radius 2 is 1.81 bits per heavy atom. The summed E-state index contributed by atoms with van der Waals surface area (Å²) in [6, 6.07) is -0.889. The normalized spacial score (nSPS) is 13.2. The highest BCUT2D eigenvalue weighted by molar-refractivity contribution is 5.73. The largest absolute Gasteiger partial charge is 0.481 e. The summed E-state index contributed by atoms with van der Waals surface area (Å²) >= 11 is 0. The summed E-state index contributed by atoms with van der Waals surface area (Å²) < 4.78 is 9.14. The fraction of sp³-hybridized carbons (Fsp3) is 0.778. The summed E-state index contributed by atoms with van der Waals surface area (Å²) in [5.41, 5.74) is 5.00. The van der Waals surface area contributed by atoms with Crippen molar-refractivity contribution >= 4 is 11.9 Å². The lowest BCUT2D eigenvalue weighted by Gasteiger charge is -2.02. The number of aliphatic carboxylic acids is 2. The summed E-state index contributed by atoms with van der Waals surface area (Å²) in [5, 5.41) is 16.2. The SMILES string of the molecule is COC(C)CC(=O)O.COCC(N)C(=O)O. The fourth-order valence-electron chi connectivity index (χ4n) is 0.580. The molecule has 7 nitrogen and oxygen atoms in total. The molecule has 0 aliphatic heterocycles. The molecule has 0 fully saturated rings. The van der Waals surface area contributed by atoms with Crippen LogP contribution in [0.3, 0.4) is 0 Å². The molecule has 16 heavy (non-hydrogen) atoms. The van der Waals surface area contributed by atoms with Crippen LogP contribution in [0.15, 0.2) is 0 Å². The number of carbonyl (C=O) groups is 2. The van der Waals surface area contributed by atoms with Crippen LogP contribution in [0.4, 0.5) is 0 Å². The topological polar surface area (TPSA) is 119 Å². The standard InChI is InChI=1S/C5H10O3.C4H9NO3/c1-4(8-2)3-5(6)7;1-8-2-3(5)4(6)7/h4H,3H2,1-2H3,(H,6,7);3H,2,5H2,1H3,(H,6,7). The fourth-order valence-corrected chi connectivity index (χ4v) is 0.580. The highest BCUT2D eigenvalue weighted by Gasteiger charge is 2.08. The smallest absolute Gasteiger partial charge is 0.322 e. The first-order valence-corrected chi connectivity index (χ1v) is 4.57. The third kappa shape index (κ3) is 12.8. The van der Waals surface area contributed by atoms with E-state index in [2.05, 4.69) is 9.47 Å². The predicted octanol–water partition coefficient (Wildman–Crippen LogP) is -0.459. The van der Waals surface area contributed by atoms with Gasteiger partial charge in [0.2, 0.25) is 0 Å². The minimum atomic E-state index is -1.04. The van der Waals surface area contributed by atoms with Crippen LogP contribution in [-0.4, -0.2) is 55.1 Å². The molecule has 0 aliphatic carbocycles. The van der Waals surface area contributed by atoms with E-state index in [9.17, 15) is 9.59 Å². The second-order valence-electron chi connectivity index (χ2n) is 3.04. The van der Waals surface area contributed by atoms with E-state index in [1.54, 1.807) is 6.92 Å². The maximum absolute atomic E-state index is 9.89. The molecule has 2 atom stereocenters. The van der Waals surface area contributed by atoms with Crippen molar-refractivity contribution in [2.75, 3.05) is 20.8 Å². The third-order valence-electron chi connectivity index (χ3n) is 1.53. The minimum absolute atomic E-state index is 0.0648. The molecule has 0 radical (unpaired) electrons. The molecular formula is C9H19NO6. The van der Waals surface area contributed by atoms with Gasteiger partial charge in [0.25, 0.3) is 0 Å². The maximum atomic E-state index is 9.89. The zero-order valence-corrected chi connectivity index (χ0v) is 9.67. The molecule has 0 bridgehead atoms. The molecule has 0 aromatic carbocycles. The number of carboxylic acids is 2. The number of hydrogen-bond donors (Lipinski definition) is 3. The van der Waals surface area contributed by atoms with E-state index in [-0.39, 0.29) is 19.1 Å². The number of rotatable bonds is 6. The first-order chi connectivity index (χ1) is 7.34. The van der Waals surface area contributed by atoms with Gasteiger partial charge in [0.1, 0.15) is 6.04 Å². The molecule has 0 rings (SSSR count).